The van der Waals surface area contributed by atoms with Crippen LogP contribution in [0.5, 0.6) is 5.75 Å². The number of anilines is 1. The second kappa shape index (κ2) is 8.70. The number of amides is 2. The topological polar surface area (TPSA) is 87.1 Å². The van der Waals surface area contributed by atoms with Crippen LogP contribution >= 0.6 is 0 Å². The van der Waals surface area contributed by atoms with E-state index in [1.165, 1.54) is 12.1 Å². The van der Waals surface area contributed by atoms with Crippen molar-refractivity contribution in [2.75, 3.05) is 4.90 Å². The largest absolute Gasteiger partial charge is 0.508 e. The van der Waals surface area contributed by atoms with Crippen LogP contribution in [0.3, 0.4) is 0 Å². The zero-order valence-electron chi connectivity index (χ0n) is 19.9. The predicted molar refractivity (Wildman–Crippen MR) is 119 cm³/mol. The van der Waals surface area contributed by atoms with Crippen molar-refractivity contribution in [3.05, 3.63) is 59.2 Å². The van der Waals surface area contributed by atoms with Crippen LogP contribution in [0.25, 0.3) is 0 Å². The molecule has 2 aliphatic heterocycles. The number of rotatable bonds is 3. The van der Waals surface area contributed by atoms with Gasteiger partial charge in [-0.15, -0.1) is 0 Å². The molecule has 2 saturated heterocycles. The van der Waals surface area contributed by atoms with Gasteiger partial charge >= 0.3 is 12.4 Å². The Morgan fingerprint density at radius 2 is 1.61 bits per heavy atom. The molecule has 2 aromatic carbocycles. The molecular formula is C26H23F6NO5. The molecule has 2 heterocycles. The number of phenols is 1. The fourth-order valence-electron chi connectivity index (χ4n) is 6.20. The number of fused-ring (bicyclic) bond motifs is 3. The van der Waals surface area contributed by atoms with E-state index < -0.39 is 76.5 Å². The molecule has 2 amide bonds. The molecule has 0 radical (unpaired) electrons. The minimum atomic E-state index is -5.16. The molecule has 6 nitrogen and oxygen atoms in total. The maximum atomic E-state index is 13.6. The van der Waals surface area contributed by atoms with E-state index >= 15 is 0 Å². The summed E-state index contributed by atoms with van der Waals surface area (Å²) in [7, 11) is 0. The smallest absolute Gasteiger partial charge is 0.416 e. The highest BCUT2D eigenvalue weighted by molar-refractivity contribution is 6.22. The summed E-state index contributed by atoms with van der Waals surface area (Å²) >= 11 is 0. The molecule has 38 heavy (non-hydrogen) atoms. The van der Waals surface area contributed by atoms with Crippen LogP contribution in [0, 0.1) is 23.7 Å². The Morgan fingerprint density at radius 1 is 0.974 bits per heavy atom. The van der Waals surface area contributed by atoms with E-state index in [2.05, 4.69) is 0 Å². The van der Waals surface area contributed by atoms with Gasteiger partial charge in [0.25, 0.3) is 0 Å². The number of phenolic OH excluding ortho intramolecular Hbond substituents is 1. The van der Waals surface area contributed by atoms with Gasteiger partial charge in [-0.25, -0.2) is 0 Å². The van der Waals surface area contributed by atoms with Gasteiger partial charge in [-0.1, -0.05) is 19.1 Å². The number of aliphatic hydroxyl groups is 1. The van der Waals surface area contributed by atoms with E-state index in [0.29, 0.717) is 29.0 Å². The van der Waals surface area contributed by atoms with Crippen LogP contribution in [0.15, 0.2) is 42.5 Å². The van der Waals surface area contributed by atoms with Crippen LogP contribution in [-0.4, -0.2) is 27.8 Å². The fourth-order valence-corrected chi connectivity index (χ4v) is 6.20. The first kappa shape index (κ1) is 26.5. The lowest BCUT2D eigenvalue weighted by molar-refractivity contribution is -0.269. The number of imide groups is 1. The number of halogens is 6. The quantitative estimate of drug-likeness (QED) is 0.398. The Morgan fingerprint density at radius 3 is 2.16 bits per heavy atom. The van der Waals surface area contributed by atoms with Gasteiger partial charge in [-0.3, -0.25) is 14.5 Å². The molecule has 2 aromatic rings. The van der Waals surface area contributed by atoms with E-state index in [1.807, 2.05) is 0 Å². The normalized spacial score (nSPS) is 31.5. The van der Waals surface area contributed by atoms with Gasteiger partial charge in [-0.05, 0) is 55.2 Å². The van der Waals surface area contributed by atoms with Crippen molar-refractivity contribution < 1.29 is 50.9 Å². The van der Waals surface area contributed by atoms with Crippen molar-refractivity contribution in [3.63, 3.8) is 0 Å². The van der Waals surface area contributed by atoms with Gasteiger partial charge in [0.15, 0.2) is 5.79 Å². The van der Waals surface area contributed by atoms with Gasteiger partial charge in [0.1, 0.15) is 5.75 Å². The van der Waals surface area contributed by atoms with E-state index in [4.69, 9.17) is 4.74 Å². The maximum Gasteiger partial charge on any atom is 0.416 e. The van der Waals surface area contributed by atoms with Crippen molar-refractivity contribution >= 4 is 17.5 Å². The Balaban J connectivity index is 1.56. The van der Waals surface area contributed by atoms with Gasteiger partial charge in [0, 0.05) is 11.8 Å². The van der Waals surface area contributed by atoms with Crippen molar-refractivity contribution in [1.82, 2.24) is 0 Å². The number of hydrogen-bond acceptors (Lipinski definition) is 5. The first-order chi connectivity index (χ1) is 17.6. The molecule has 0 aromatic heterocycles. The summed E-state index contributed by atoms with van der Waals surface area (Å²) in [5.74, 6) is -7.63. The Bertz CT molecular complexity index is 1260. The molecule has 0 bridgehead atoms. The molecule has 1 saturated carbocycles. The van der Waals surface area contributed by atoms with Crippen LogP contribution in [0.4, 0.5) is 32.0 Å². The number of alkyl halides is 6. The summed E-state index contributed by atoms with van der Waals surface area (Å²) < 4.78 is 86.7. The van der Waals surface area contributed by atoms with Gasteiger partial charge in [0.05, 0.1) is 34.8 Å². The Kier molecular flexibility index (Phi) is 6.06. The lowest BCUT2D eigenvalue weighted by Crippen LogP contribution is -2.53. The minimum absolute atomic E-state index is 0.0346. The summed E-state index contributed by atoms with van der Waals surface area (Å²) in [6, 6.07) is 6.72. The average molecular weight is 543 g/mol. The van der Waals surface area contributed by atoms with E-state index in [1.54, 1.807) is 19.1 Å². The van der Waals surface area contributed by atoms with Crippen LogP contribution in [-0.2, 0) is 26.7 Å². The zero-order chi connectivity index (χ0) is 27.8. The summed E-state index contributed by atoms with van der Waals surface area (Å²) in [5.41, 5.74) is -3.60. The number of ether oxygens (including phenoxy) is 1. The van der Waals surface area contributed by atoms with Crippen LogP contribution in [0.1, 0.15) is 49.0 Å². The summed E-state index contributed by atoms with van der Waals surface area (Å²) in [6.07, 6.45) is -10.7. The van der Waals surface area contributed by atoms with Gasteiger partial charge in [-0.2, -0.15) is 26.3 Å². The molecule has 6 atom stereocenters. The molecule has 1 aliphatic carbocycles. The molecule has 204 valence electrons. The van der Waals surface area contributed by atoms with Gasteiger partial charge < -0.3 is 14.9 Å². The lowest BCUT2D eigenvalue weighted by atomic mass is 9.64. The highest BCUT2D eigenvalue weighted by Gasteiger charge is 2.66. The number of nitrogens with zero attached hydrogens (tertiary/aromatic N) is 1. The molecule has 2 N–H and O–H groups in total. The van der Waals surface area contributed by atoms with E-state index in [9.17, 15) is 46.1 Å². The summed E-state index contributed by atoms with van der Waals surface area (Å²) in [5, 5.41) is 21.5. The molecule has 12 heteroatoms. The number of carbonyl (C=O) groups is 2. The average Bonchev–Trinajstić information content (AvgIpc) is 3.31. The van der Waals surface area contributed by atoms with Crippen LogP contribution in [0.2, 0.25) is 0 Å². The Hall–Kier alpha value is -3.12. The monoisotopic (exact) mass is 543 g/mol. The molecule has 3 aliphatic rings. The third-order valence-corrected chi connectivity index (χ3v) is 7.93. The number of carbonyl (C=O) groups excluding carboxylic acids is 2. The third kappa shape index (κ3) is 4.14. The Labute approximate surface area is 212 Å². The van der Waals surface area contributed by atoms with E-state index in [-0.39, 0.29) is 24.7 Å². The molecule has 0 spiro atoms. The third-order valence-electron chi connectivity index (χ3n) is 7.93. The predicted octanol–water partition coefficient (Wildman–Crippen LogP) is 5.43. The SMILES string of the molecule is CC[C@H]1C[C@@H]2C(=O)N(c3cc(C(F)(F)F)cc(C(F)(F)F)c3)C(=O)[C@@H]2[C@@H]2C[C@@H](c3cccc(O)c3)O[C@]12O. The molecule has 5 rings (SSSR count). The van der Waals surface area contributed by atoms with Crippen LogP contribution < -0.4 is 4.90 Å². The number of benzene rings is 2. The van der Waals surface area contributed by atoms with Crippen molar-refractivity contribution in [1.29, 1.82) is 0 Å². The van der Waals surface area contributed by atoms with Crippen molar-refractivity contribution in [2.24, 2.45) is 23.7 Å². The lowest BCUT2D eigenvalue weighted by Gasteiger charge is -2.44. The number of hydrogen-bond donors (Lipinski definition) is 2. The second-order valence-electron chi connectivity index (χ2n) is 10.0. The minimum Gasteiger partial charge on any atom is -0.508 e. The molecule has 0 unspecified atom stereocenters. The standard InChI is InChI=1S/C26H23F6NO5/c1-2-13-10-18-21(19-11-20(38-24(13,19)37)12-4-3-5-17(34)6-12)23(36)33(22(18)35)16-8-14(25(27,28)29)7-15(9-16)26(30,31)32/h3-9,13,18-21,34,37H,2,10-11H2,1H3/t13-,18-,19-,20-,21-,24+/m0/s1. The highest BCUT2D eigenvalue weighted by atomic mass is 19.4. The highest BCUT2D eigenvalue weighted by Crippen LogP contribution is 2.59. The van der Waals surface area contributed by atoms with Gasteiger partial charge in [0.2, 0.25) is 11.8 Å². The van der Waals surface area contributed by atoms with Crippen molar-refractivity contribution in [3.8, 4) is 5.75 Å². The second-order valence-corrected chi connectivity index (χ2v) is 10.0. The molecule has 3 fully saturated rings. The number of aromatic hydroxyl groups is 1. The zero-order valence-corrected chi connectivity index (χ0v) is 19.9. The fraction of sp³-hybridized carbons (Fsp3) is 0.462. The van der Waals surface area contributed by atoms with E-state index in [0.717, 1.165) is 0 Å². The molecular weight excluding hydrogens is 520 g/mol. The first-order valence-electron chi connectivity index (χ1n) is 12.0. The van der Waals surface area contributed by atoms with Crippen molar-refractivity contribution in [2.45, 2.75) is 50.4 Å². The maximum absolute atomic E-state index is 13.6. The summed E-state index contributed by atoms with van der Waals surface area (Å²) in [6.45, 7) is 1.74. The summed E-state index contributed by atoms with van der Waals surface area (Å²) in [4.78, 5) is 27.4. The first-order valence-corrected chi connectivity index (χ1v) is 12.0.